The van der Waals surface area contributed by atoms with E-state index in [-0.39, 0.29) is 18.1 Å². The number of aliphatic hydroxyl groups is 1. The summed E-state index contributed by atoms with van der Waals surface area (Å²) in [6.45, 7) is 2.13. The number of ketones is 1. The van der Waals surface area contributed by atoms with Crippen LogP contribution in [0.15, 0.2) is 41.4 Å². The van der Waals surface area contributed by atoms with Gasteiger partial charge in [0.1, 0.15) is 5.75 Å². The Morgan fingerprint density at radius 3 is 2.55 bits per heavy atom. The van der Waals surface area contributed by atoms with Gasteiger partial charge in [-0.15, -0.1) is 0 Å². The molecule has 20 heavy (non-hydrogen) atoms. The Kier molecular flexibility index (Phi) is 4.32. The van der Waals surface area contributed by atoms with Crippen molar-refractivity contribution in [1.82, 2.24) is 0 Å². The second-order valence-electron chi connectivity index (χ2n) is 4.41. The SMILES string of the molecule is Cc1cc(N=C2C=CC(=O)C=C2)c(NCCO)cc1O. The standard InChI is InChI=1S/C15H16N2O3/c1-10-8-14(13(9-15(10)20)16-6-7-18)17-11-2-4-12(19)5-3-11/h2-5,8-9,16,18,20H,6-7H2,1H3. The van der Waals surface area contributed by atoms with E-state index >= 15 is 0 Å². The van der Waals surface area contributed by atoms with Crippen molar-refractivity contribution < 1.29 is 15.0 Å². The van der Waals surface area contributed by atoms with Crippen molar-refractivity contribution in [2.75, 3.05) is 18.5 Å². The van der Waals surface area contributed by atoms with E-state index in [1.165, 1.54) is 12.2 Å². The predicted octanol–water partition coefficient (Wildman–Crippen LogP) is 1.87. The van der Waals surface area contributed by atoms with Crippen molar-refractivity contribution in [3.8, 4) is 5.75 Å². The second-order valence-corrected chi connectivity index (χ2v) is 4.41. The molecule has 1 aliphatic carbocycles. The summed E-state index contributed by atoms with van der Waals surface area (Å²) < 4.78 is 0. The summed E-state index contributed by atoms with van der Waals surface area (Å²) in [5.41, 5.74) is 2.64. The van der Waals surface area contributed by atoms with Crippen molar-refractivity contribution >= 4 is 22.9 Å². The molecule has 0 unspecified atom stereocenters. The zero-order valence-electron chi connectivity index (χ0n) is 11.1. The number of hydrogen-bond donors (Lipinski definition) is 3. The van der Waals surface area contributed by atoms with Gasteiger partial charge in [-0.3, -0.25) is 4.79 Å². The Bertz CT molecular complexity index is 598. The number of nitrogens with one attached hydrogen (secondary N) is 1. The van der Waals surface area contributed by atoms with Gasteiger partial charge in [-0.25, -0.2) is 4.99 Å². The average molecular weight is 272 g/mol. The molecule has 2 rings (SSSR count). The summed E-state index contributed by atoms with van der Waals surface area (Å²) in [6, 6.07) is 3.33. The fourth-order valence-corrected chi connectivity index (χ4v) is 1.77. The molecule has 1 aromatic carbocycles. The number of aliphatic imine (C=N–C) groups is 1. The first-order valence-corrected chi connectivity index (χ1v) is 6.27. The van der Waals surface area contributed by atoms with Gasteiger partial charge in [0, 0.05) is 12.6 Å². The number of benzene rings is 1. The summed E-state index contributed by atoms with van der Waals surface area (Å²) in [6.07, 6.45) is 6.18. The van der Waals surface area contributed by atoms with Gasteiger partial charge < -0.3 is 15.5 Å². The summed E-state index contributed by atoms with van der Waals surface area (Å²) in [5.74, 6) is 0.101. The first-order chi connectivity index (χ1) is 9.60. The number of hydrogen-bond acceptors (Lipinski definition) is 5. The molecule has 104 valence electrons. The normalized spacial score (nSPS) is 13.7. The smallest absolute Gasteiger partial charge is 0.178 e. The molecule has 0 spiro atoms. The third kappa shape index (κ3) is 3.33. The van der Waals surface area contributed by atoms with Gasteiger partial charge in [-0.05, 0) is 42.9 Å². The van der Waals surface area contributed by atoms with E-state index in [1.54, 1.807) is 31.2 Å². The first-order valence-electron chi connectivity index (χ1n) is 6.27. The molecule has 1 aliphatic rings. The molecule has 0 aromatic heterocycles. The molecule has 0 amide bonds. The number of aryl methyl sites for hydroxylation is 1. The Labute approximate surface area is 117 Å². The fourth-order valence-electron chi connectivity index (χ4n) is 1.77. The fraction of sp³-hybridized carbons (Fsp3) is 0.200. The van der Waals surface area contributed by atoms with Crippen LogP contribution in [0.1, 0.15) is 5.56 Å². The van der Waals surface area contributed by atoms with Gasteiger partial charge in [0.2, 0.25) is 0 Å². The van der Waals surface area contributed by atoms with Crippen LogP contribution < -0.4 is 5.32 Å². The van der Waals surface area contributed by atoms with Crippen molar-refractivity contribution in [2.45, 2.75) is 6.92 Å². The number of phenolic OH excluding ortho intramolecular Hbond substituents is 1. The van der Waals surface area contributed by atoms with Crippen LogP contribution in [-0.4, -0.2) is 34.9 Å². The minimum atomic E-state index is -0.0653. The van der Waals surface area contributed by atoms with E-state index in [9.17, 15) is 9.90 Å². The molecule has 0 aliphatic heterocycles. The maximum atomic E-state index is 11.1. The Balaban J connectivity index is 2.37. The van der Waals surface area contributed by atoms with Gasteiger partial charge >= 0.3 is 0 Å². The molecule has 3 N–H and O–H groups in total. The number of aliphatic hydroxyl groups excluding tert-OH is 1. The lowest BCUT2D eigenvalue weighted by Gasteiger charge is -2.11. The number of carbonyl (C=O) groups excluding carboxylic acids is 1. The van der Waals surface area contributed by atoms with E-state index in [2.05, 4.69) is 10.3 Å². The van der Waals surface area contributed by atoms with Crippen LogP contribution in [0.4, 0.5) is 11.4 Å². The summed E-state index contributed by atoms with van der Waals surface area (Å²) >= 11 is 0. The quantitative estimate of drug-likeness (QED) is 0.731. The largest absolute Gasteiger partial charge is 0.508 e. The number of carbonyl (C=O) groups is 1. The van der Waals surface area contributed by atoms with Gasteiger partial charge in [0.05, 0.1) is 23.7 Å². The van der Waals surface area contributed by atoms with E-state index in [4.69, 9.17) is 5.11 Å². The summed E-state index contributed by atoms with van der Waals surface area (Å²) in [7, 11) is 0. The van der Waals surface area contributed by atoms with Crippen molar-refractivity contribution in [1.29, 1.82) is 0 Å². The van der Waals surface area contributed by atoms with Crippen LogP contribution in [0.3, 0.4) is 0 Å². The lowest BCUT2D eigenvalue weighted by atomic mass is 10.1. The molecule has 5 heteroatoms. The minimum Gasteiger partial charge on any atom is -0.508 e. The van der Waals surface area contributed by atoms with Gasteiger partial charge in [-0.1, -0.05) is 0 Å². The molecule has 0 heterocycles. The highest BCUT2D eigenvalue weighted by atomic mass is 16.3. The Hall–Kier alpha value is -2.40. The number of rotatable bonds is 4. The molecule has 5 nitrogen and oxygen atoms in total. The highest BCUT2D eigenvalue weighted by Gasteiger charge is 2.07. The van der Waals surface area contributed by atoms with Crippen LogP contribution in [-0.2, 0) is 4.79 Å². The zero-order valence-corrected chi connectivity index (χ0v) is 11.1. The van der Waals surface area contributed by atoms with Gasteiger partial charge in [0.15, 0.2) is 5.78 Å². The molecule has 0 saturated carbocycles. The Morgan fingerprint density at radius 2 is 1.90 bits per heavy atom. The minimum absolute atomic E-state index is 0.0149. The molecule has 0 saturated heterocycles. The topological polar surface area (TPSA) is 81.9 Å². The monoisotopic (exact) mass is 272 g/mol. The molecule has 0 radical (unpaired) electrons. The molecule has 1 aromatic rings. The van der Waals surface area contributed by atoms with Crippen LogP contribution >= 0.6 is 0 Å². The van der Waals surface area contributed by atoms with Crippen molar-refractivity contribution in [3.05, 3.63) is 42.0 Å². The van der Waals surface area contributed by atoms with Gasteiger partial charge in [-0.2, -0.15) is 0 Å². The van der Waals surface area contributed by atoms with Crippen LogP contribution in [0.5, 0.6) is 5.75 Å². The highest BCUT2D eigenvalue weighted by molar-refractivity contribution is 6.17. The lowest BCUT2D eigenvalue weighted by molar-refractivity contribution is -0.110. The van der Waals surface area contributed by atoms with Crippen LogP contribution in [0.2, 0.25) is 0 Å². The summed E-state index contributed by atoms with van der Waals surface area (Å²) in [4.78, 5) is 15.5. The predicted molar refractivity (Wildman–Crippen MR) is 78.8 cm³/mol. The molecule has 0 bridgehead atoms. The Morgan fingerprint density at radius 1 is 1.20 bits per heavy atom. The maximum absolute atomic E-state index is 11.1. The molecular weight excluding hydrogens is 256 g/mol. The molecule has 0 fully saturated rings. The van der Waals surface area contributed by atoms with Crippen LogP contribution in [0.25, 0.3) is 0 Å². The zero-order chi connectivity index (χ0) is 14.5. The number of anilines is 1. The molecule has 0 atom stereocenters. The van der Waals surface area contributed by atoms with E-state index in [1.807, 2.05) is 0 Å². The third-order valence-corrected chi connectivity index (χ3v) is 2.83. The van der Waals surface area contributed by atoms with Crippen molar-refractivity contribution in [2.24, 2.45) is 4.99 Å². The molecular formula is C15H16N2O3. The third-order valence-electron chi connectivity index (χ3n) is 2.83. The van der Waals surface area contributed by atoms with Gasteiger partial charge in [0.25, 0.3) is 0 Å². The van der Waals surface area contributed by atoms with E-state index < -0.39 is 0 Å². The van der Waals surface area contributed by atoms with Crippen molar-refractivity contribution in [3.63, 3.8) is 0 Å². The number of phenols is 1. The maximum Gasteiger partial charge on any atom is 0.178 e. The van der Waals surface area contributed by atoms with E-state index in [0.29, 0.717) is 29.2 Å². The summed E-state index contributed by atoms with van der Waals surface area (Å²) in [5, 5.41) is 21.6. The number of allylic oxidation sites excluding steroid dienone is 4. The van der Waals surface area contributed by atoms with Crippen LogP contribution in [0, 0.1) is 6.92 Å². The first kappa shape index (κ1) is 14.0. The van der Waals surface area contributed by atoms with E-state index in [0.717, 1.165) is 0 Å². The number of nitrogens with zero attached hydrogens (tertiary/aromatic N) is 1. The lowest BCUT2D eigenvalue weighted by Crippen LogP contribution is -2.06. The highest BCUT2D eigenvalue weighted by Crippen LogP contribution is 2.32. The second kappa shape index (κ2) is 6.16. The number of aromatic hydroxyl groups is 1. The average Bonchev–Trinajstić information content (AvgIpc) is 2.43.